The highest BCUT2D eigenvalue weighted by Crippen LogP contribution is 2.28. The minimum Gasteiger partial charge on any atom is -0.481 e. The number of thioether (sulfide) groups is 1. The van der Waals surface area contributed by atoms with Gasteiger partial charge in [0.05, 0.1) is 17.4 Å². The Morgan fingerprint density at radius 1 is 1.12 bits per heavy atom. The lowest BCUT2D eigenvalue weighted by molar-refractivity contribution is -0.138. The number of rotatable bonds is 9. The molecule has 0 bridgehead atoms. The third-order valence-electron chi connectivity index (χ3n) is 4.24. The molecule has 0 radical (unpaired) electrons. The maximum absolute atomic E-state index is 13.1. The van der Waals surface area contributed by atoms with Crippen LogP contribution in [0.15, 0.2) is 58.8 Å². The number of hydrogen-bond donors (Lipinski definition) is 3. The number of benzene rings is 2. The molecule has 3 rings (SSSR count). The molecule has 166 valence electrons. The number of anilines is 2. The maximum Gasteiger partial charge on any atom is 0.303 e. The van der Waals surface area contributed by atoms with Crippen molar-refractivity contribution < 1.29 is 23.9 Å². The van der Waals surface area contributed by atoms with Gasteiger partial charge >= 0.3 is 5.97 Å². The monoisotopic (exact) mass is 473 g/mol. The molecule has 0 saturated heterocycles. The van der Waals surface area contributed by atoms with Gasteiger partial charge in [0, 0.05) is 27.9 Å². The summed E-state index contributed by atoms with van der Waals surface area (Å²) >= 11 is 2.59. The van der Waals surface area contributed by atoms with Crippen molar-refractivity contribution in [3.63, 3.8) is 0 Å². The summed E-state index contributed by atoms with van der Waals surface area (Å²) in [6.07, 6.45) is -0.351. The van der Waals surface area contributed by atoms with E-state index in [2.05, 4.69) is 15.6 Å². The minimum absolute atomic E-state index is 0.112. The number of halogens is 1. The maximum atomic E-state index is 13.1. The minimum atomic E-state index is -1.03. The van der Waals surface area contributed by atoms with Crippen LogP contribution < -0.4 is 10.6 Å². The molecule has 10 heteroatoms. The highest BCUT2D eigenvalue weighted by atomic mass is 32.2. The number of carbonyl (C=O) groups excluding carboxylic acids is 2. The molecule has 0 fully saturated rings. The summed E-state index contributed by atoms with van der Waals surface area (Å²) in [4.78, 5) is 40.1. The van der Waals surface area contributed by atoms with E-state index < -0.39 is 11.2 Å². The lowest BCUT2D eigenvalue weighted by Gasteiger charge is -2.12. The van der Waals surface area contributed by atoms with E-state index in [1.165, 1.54) is 35.2 Å². The second kappa shape index (κ2) is 10.9. The summed E-state index contributed by atoms with van der Waals surface area (Å²) in [6, 6.07) is 12.9. The van der Waals surface area contributed by atoms with Crippen LogP contribution in [0, 0.1) is 5.82 Å². The van der Waals surface area contributed by atoms with Crippen molar-refractivity contribution in [3.8, 4) is 11.3 Å². The van der Waals surface area contributed by atoms with E-state index in [1.807, 2.05) is 6.07 Å². The largest absolute Gasteiger partial charge is 0.481 e. The van der Waals surface area contributed by atoms with Crippen LogP contribution in [0.2, 0.25) is 0 Å². The molecule has 1 heterocycles. The zero-order chi connectivity index (χ0) is 23.1. The molecule has 7 nitrogen and oxygen atoms in total. The standard InChI is InChI=1S/C22H20FN3O4S2/c1-13(32-17-4-2-3-16(11-17)24-19(27)9-10-20(28)29)21(30)26-22-25-18(12-31-22)14-5-7-15(23)8-6-14/h2-8,11-13H,9-10H2,1H3,(H,24,27)(H,28,29)(H,25,26,30). The molecule has 32 heavy (non-hydrogen) atoms. The van der Waals surface area contributed by atoms with Gasteiger partial charge in [-0.2, -0.15) is 0 Å². The SMILES string of the molecule is CC(Sc1cccc(NC(=O)CCC(=O)O)c1)C(=O)Nc1nc(-c2ccc(F)cc2)cs1. The number of carboxylic acids is 1. The number of carboxylic acid groups (broad SMARTS) is 1. The Hall–Kier alpha value is -3.24. The Bertz CT molecular complexity index is 1120. The number of aliphatic carboxylic acids is 1. The Kier molecular flexibility index (Phi) is 7.96. The molecule has 2 amide bonds. The molecule has 0 aliphatic rings. The van der Waals surface area contributed by atoms with E-state index in [0.717, 1.165) is 10.5 Å². The van der Waals surface area contributed by atoms with Crippen molar-refractivity contribution in [2.45, 2.75) is 29.9 Å². The smallest absolute Gasteiger partial charge is 0.303 e. The average Bonchev–Trinajstić information content (AvgIpc) is 3.21. The molecule has 1 atom stereocenters. The third-order valence-corrected chi connectivity index (χ3v) is 6.09. The molecule has 1 aromatic heterocycles. The van der Waals surface area contributed by atoms with Crippen LogP contribution in [0.5, 0.6) is 0 Å². The van der Waals surface area contributed by atoms with Crippen LogP contribution >= 0.6 is 23.1 Å². The zero-order valence-corrected chi connectivity index (χ0v) is 18.6. The van der Waals surface area contributed by atoms with Crippen LogP contribution in [0.1, 0.15) is 19.8 Å². The van der Waals surface area contributed by atoms with E-state index in [0.29, 0.717) is 16.5 Å². The molecule has 0 aliphatic heterocycles. The van der Waals surface area contributed by atoms with Gasteiger partial charge in [-0.1, -0.05) is 6.07 Å². The molecular formula is C22H20FN3O4S2. The molecule has 2 aromatic carbocycles. The number of amides is 2. The first-order valence-corrected chi connectivity index (χ1v) is 11.4. The van der Waals surface area contributed by atoms with Crippen LogP contribution in [0.25, 0.3) is 11.3 Å². The average molecular weight is 474 g/mol. The lowest BCUT2D eigenvalue weighted by atomic mass is 10.2. The summed E-state index contributed by atoms with van der Waals surface area (Å²) in [6.45, 7) is 1.76. The summed E-state index contributed by atoms with van der Waals surface area (Å²) in [5.74, 6) is -1.98. The van der Waals surface area contributed by atoms with Gasteiger partial charge in [-0.3, -0.25) is 14.4 Å². The van der Waals surface area contributed by atoms with E-state index >= 15 is 0 Å². The van der Waals surface area contributed by atoms with Gasteiger partial charge in [0.15, 0.2) is 5.13 Å². The zero-order valence-electron chi connectivity index (χ0n) is 17.0. The van der Waals surface area contributed by atoms with Crippen LogP contribution in [-0.2, 0) is 14.4 Å². The number of aromatic nitrogens is 1. The highest BCUT2D eigenvalue weighted by Gasteiger charge is 2.17. The number of hydrogen-bond acceptors (Lipinski definition) is 6. The Balaban J connectivity index is 1.56. The second-order valence-electron chi connectivity index (χ2n) is 6.76. The number of nitrogens with zero attached hydrogens (tertiary/aromatic N) is 1. The highest BCUT2D eigenvalue weighted by molar-refractivity contribution is 8.00. The van der Waals surface area contributed by atoms with Crippen LogP contribution in [-0.4, -0.2) is 33.1 Å². The first-order chi connectivity index (χ1) is 15.3. The third kappa shape index (κ3) is 6.89. The van der Waals surface area contributed by atoms with Gasteiger partial charge in [-0.05, 0) is 49.4 Å². The summed E-state index contributed by atoms with van der Waals surface area (Å²) in [5.41, 5.74) is 1.94. The van der Waals surface area contributed by atoms with Crippen molar-refractivity contribution in [2.75, 3.05) is 10.6 Å². The van der Waals surface area contributed by atoms with Gasteiger partial charge in [0.2, 0.25) is 11.8 Å². The molecule has 0 spiro atoms. The first-order valence-electron chi connectivity index (χ1n) is 9.61. The normalized spacial score (nSPS) is 11.6. The van der Waals surface area contributed by atoms with Crippen molar-refractivity contribution in [1.29, 1.82) is 0 Å². The summed E-state index contributed by atoms with van der Waals surface area (Å²) in [5, 5.41) is 15.9. The van der Waals surface area contributed by atoms with E-state index in [-0.39, 0.29) is 30.5 Å². The predicted molar refractivity (Wildman–Crippen MR) is 123 cm³/mol. The molecular weight excluding hydrogens is 453 g/mol. The number of carbonyl (C=O) groups is 3. The Morgan fingerprint density at radius 3 is 2.59 bits per heavy atom. The number of thiazole rings is 1. The fraction of sp³-hybridized carbons (Fsp3) is 0.182. The summed E-state index contributed by atoms with van der Waals surface area (Å²) < 4.78 is 13.1. The molecule has 3 N–H and O–H groups in total. The van der Waals surface area contributed by atoms with Crippen molar-refractivity contribution in [1.82, 2.24) is 4.98 Å². The van der Waals surface area contributed by atoms with Gasteiger partial charge < -0.3 is 15.7 Å². The fourth-order valence-electron chi connectivity index (χ4n) is 2.64. The Morgan fingerprint density at radius 2 is 1.88 bits per heavy atom. The van der Waals surface area contributed by atoms with E-state index in [9.17, 15) is 18.8 Å². The van der Waals surface area contributed by atoms with Crippen molar-refractivity contribution >= 4 is 51.7 Å². The first kappa shape index (κ1) is 23.4. The Labute approximate surface area is 192 Å². The van der Waals surface area contributed by atoms with E-state index in [1.54, 1.807) is 42.6 Å². The second-order valence-corrected chi connectivity index (χ2v) is 9.04. The van der Waals surface area contributed by atoms with Crippen molar-refractivity contribution in [3.05, 3.63) is 59.7 Å². The summed E-state index contributed by atoms with van der Waals surface area (Å²) in [7, 11) is 0. The quantitative estimate of drug-likeness (QED) is 0.383. The molecule has 3 aromatic rings. The van der Waals surface area contributed by atoms with Gasteiger partial charge in [0.1, 0.15) is 5.82 Å². The van der Waals surface area contributed by atoms with Gasteiger partial charge in [0.25, 0.3) is 0 Å². The molecule has 0 saturated carbocycles. The van der Waals surface area contributed by atoms with Gasteiger partial charge in [-0.15, -0.1) is 23.1 Å². The van der Waals surface area contributed by atoms with E-state index in [4.69, 9.17) is 5.11 Å². The predicted octanol–water partition coefficient (Wildman–Crippen LogP) is 4.87. The topological polar surface area (TPSA) is 108 Å². The molecule has 0 aliphatic carbocycles. The molecule has 1 unspecified atom stereocenters. The number of nitrogens with one attached hydrogen (secondary N) is 2. The van der Waals surface area contributed by atoms with Crippen LogP contribution in [0.4, 0.5) is 15.2 Å². The van der Waals surface area contributed by atoms with Gasteiger partial charge in [-0.25, -0.2) is 9.37 Å². The van der Waals surface area contributed by atoms with Crippen molar-refractivity contribution in [2.24, 2.45) is 0 Å². The lowest BCUT2D eigenvalue weighted by Crippen LogP contribution is -2.22. The van der Waals surface area contributed by atoms with Crippen LogP contribution in [0.3, 0.4) is 0 Å². The fourth-order valence-corrected chi connectivity index (χ4v) is 4.29.